The topological polar surface area (TPSA) is 83.3 Å². The summed E-state index contributed by atoms with van der Waals surface area (Å²) in [4.78, 5) is 8.15. The Balaban J connectivity index is 1.71. The highest BCUT2D eigenvalue weighted by molar-refractivity contribution is 5.46. The third-order valence-electron chi connectivity index (χ3n) is 3.63. The van der Waals surface area contributed by atoms with Crippen LogP contribution in [-0.4, -0.2) is 34.0 Å². The minimum atomic E-state index is -0.856. The highest BCUT2D eigenvalue weighted by Crippen LogP contribution is 2.31. The molecule has 0 aliphatic rings. The molecule has 0 amide bonds. The zero-order chi connectivity index (χ0) is 19.4. The van der Waals surface area contributed by atoms with Crippen LogP contribution in [0.1, 0.15) is 5.56 Å². The van der Waals surface area contributed by atoms with E-state index in [-0.39, 0.29) is 29.4 Å². The van der Waals surface area contributed by atoms with E-state index in [1.165, 1.54) is 26.6 Å². The van der Waals surface area contributed by atoms with Crippen molar-refractivity contribution < 1.29 is 23.0 Å². The Kier molecular flexibility index (Phi) is 5.34. The van der Waals surface area contributed by atoms with Crippen molar-refractivity contribution in [1.29, 1.82) is 0 Å². The van der Waals surface area contributed by atoms with Gasteiger partial charge < -0.3 is 19.5 Å². The highest BCUT2D eigenvalue weighted by Gasteiger charge is 2.20. The number of methoxy groups -OCH3 is 2. The number of ether oxygens (including phenoxy) is 3. The van der Waals surface area contributed by atoms with E-state index < -0.39 is 11.6 Å². The largest absolute Gasteiger partial charge is 0.494 e. The molecular weight excluding hydrogens is 360 g/mol. The molecule has 0 radical (unpaired) electrons. The average molecular weight is 377 g/mol. The third kappa shape index (κ3) is 4.05. The lowest BCUT2D eigenvalue weighted by Crippen LogP contribution is -2.06. The molecular formula is C17H17F2N5O3. The summed E-state index contributed by atoms with van der Waals surface area (Å²) >= 11 is 0. The van der Waals surface area contributed by atoms with Gasteiger partial charge in [0, 0.05) is 25.4 Å². The second-order valence-electron chi connectivity index (χ2n) is 5.42. The number of benzene rings is 1. The number of aryl methyl sites for hydroxylation is 1. The van der Waals surface area contributed by atoms with E-state index in [0.29, 0.717) is 11.8 Å². The van der Waals surface area contributed by atoms with Gasteiger partial charge in [-0.3, -0.25) is 4.68 Å². The molecule has 0 saturated carbocycles. The molecule has 1 aromatic carbocycles. The molecule has 0 unspecified atom stereocenters. The normalized spacial score (nSPS) is 10.6. The number of nitrogens with zero attached hydrogens (tertiary/aromatic N) is 4. The molecule has 2 aromatic heterocycles. The van der Waals surface area contributed by atoms with Crippen LogP contribution < -0.4 is 19.5 Å². The number of hydrogen-bond acceptors (Lipinski definition) is 7. The summed E-state index contributed by atoms with van der Waals surface area (Å²) in [6.45, 7) is -0.387. The molecule has 0 aliphatic carbocycles. The second kappa shape index (κ2) is 7.85. The number of anilines is 2. The van der Waals surface area contributed by atoms with Gasteiger partial charge in [0.1, 0.15) is 6.61 Å². The molecule has 8 nitrogen and oxygen atoms in total. The van der Waals surface area contributed by atoms with E-state index in [1.54, 1.807) is 24.0 Å². The molecule has 10 heteroatoms. The van der Waals surface area contributed by atoms with Gasteiger partial charge in [-0.2, -0.15) is 5.10 Å². The molecule has 0 spiro atoms. The number of nitrogens with one attached hydrogen (secondary N) is 1. The van der Waals surface area contributed by atoms with Gasteiger partial charge in [0.15, 0.2) is 34.7 Å². The lowest BCUT2D eigenvalue weighted by atomic mass is 10.1. The highest BCUT2D eigenvalue weighted by atomic mass is 19.1. The quantitative estimate of drug-likeness (QED) is 0.678. The molecule has 142 valence electrons. The van der Waals surface area contributed by atoms with Crippen LogP contribution in [0.5, 0.6) is 17.2 Å². The first kappa shape index (κ1) is 18.4. The minimum absolute atomic E-state index is 0.141. The fourth-order valence-electron chi connectivity index (χ4n) is 2.27. The maximum Gasteiger partial charge on any atom is 0.228 e. The summed E-state index contributed by atoms with van der Waals surface area (Å²) in [6.07, 6.45) is 4.53. The average Bonchev–Trinajstić information content (AvgIpc) is 3.08. The molecule has 2 heterocycles. The third-order valence-corrected chi connectivity index (χ3v) is 3.63. The Hall–Kier alpha value is -3.43. The Morgan fingerprint density at radius 2 is 1.70 bits per heavy atom. The van der Waals surface area contributed by atoms with Gasteiger partial charge in [-0.15, -0.1) is 0 Å². The van der Waals surface area contributed by atoms with Crippen LogP contribution in [-0.2, 0) is 13.7 Å². The van der Waals surface area contributed by atoms with Gasteiger partial charge in [-0.05, 0) is 0 Å². The predicted molar refractivity (Wildman–Crippen MR) is 92.3 cm³/mol. The first-order valence-corrected chi connectivity index (χ1v) is 7.82. The predicted octanol–water partition coefficient (Wildman–Crippen LogP) is 2.83. The van der Waals surface area contributed by atoms with Crippen LogP contribution >= 0.6 is 0 Å². The molecule has 1 N–H and O–H groups in total. The van der Waals surface area contributed by atoms with Crippen LogP contribution in [0, 0.1) is 11.6 Å². The van der Waals surface area contributed by atoms with Gasteiger partial charge in [-0.25, -0.2) is 18.7 Å². The van der Waals surface area contributed by atoms with Crippen molar-refractivity contribution in [2.75, 3.05) is 19.5 Å². The van der Waals surface area contributed by atoms with Crippen molar-refractivity contribution >= 4 is 11.8 Å². The van der Waals surface area contributed by atoms with Crippen molar-refractivity contribution in [2.24, 2.45) is 7.05 Å². The first-order valence-electron chi connectivity index (χ1n) is 7.82. The Morgan fingerprint density at radius 3 is 2.22 bits per heavy atom. The summed E-state index contributed by atoms with van der Waals surface area (Å²) in [6, 6.07) is 2.89. The van der Waals surface area contributed by atoms with E-state index >= 15 is 0 Å². The van der Waals surface area contributed by atoms with Crippen molar-refractivity contribution in [3.8, 4) is 17.2 Å². The molecule has 0 atom stereocenters. The Morgan fingerprint density at radius 1 is 1.07 bits per heavy atom. The van der Waals surface area contributed by atoms with Crippen LogP contribution in [0.2, 0.25) is 0 Å². The van der Waals surface area contributed by atoms with E-state index in [1.807, 2.05) is 0 Å². The maximum atomic E-state index is 14.3. The Bertz CT molecular complexity index is 903. The zero-order valence-corrected chi connectivity index (χ0v) is 14.9. The van der Waals surface area contributed by atoms with Crippen molar-refractivity contribution in [2.45, 2.75) is 6.61 Å². The summed E-state index contributed by atoms with van der Waals surface area (Å²) in [5.41, 5.74) is -0.318. The summed E-state index contributed by atoms with van der Waals surface area (Å²) < 4.78 is 45.4. The SMILES string of the molecule is COc1cc(OC)c(F)c(COc2cnc(Nc3ccn(C)n3)nc2)c1F. The molecule has 0 fully saturated rings. The zero-order valence-electron chi connectivity index (χ0n) is 14.9. The van der Waals surface area contributed by atoms with E-state index in [9.17, 15) is 8.78 Å². The van der Waals surface area contributed by atoms with Crippen molar-refractivity contribution in [3.63, 3.8) is 0 Å². The van der Waals surface area contributed by atoms with E-state index in [2.05, 4.69) is 20.4 Å². The van der Waals surface area contributed by atoms with Crippen LogP contribution in [0.25, 0.3) is 0 Å². The number of rotatable bonds is 7. The van der Waals surface area contributed by atoms with Crippen molar-refractivity contribution in [1.82, 2.24) is 19.7 Å². The lowest BCUT2D eigenvalue weighted by Gasteiger charge is -2.13. The van der Waals surface area contributed by atoms with Gasteiger partial charge in [-0.1, -0.05) is 0 Å². The van der Waals surface area contributed by atoms with Crippen LogP contribution in [0.15, 0.2) is 30.7 Å². The van der Waals surface area contributed by atoms with Crippen LogP contribution in [0.4, 0.5) is 20.5 Å². The lowest BCUT2D eigenvalue weighted by molar-refractivity contribution is 0.280. The monoisotopic (exact) mass is 377 g/mol. The Labute approximate surface area is 153 Å². The fourth-order valence-corrected chi connectivity index (χ4v) is 2.27. The van der Waals surface area contributed by atoms with Gasteiger partial charge in [0.25, 0.3) is 0 Å². The summed E-state index contributed by atoms with van der Waals surface area (Å²) in [7, 11) is 4.35. The molecule has 0 bridgehead atoms. The maximum absolute atomic E-state index is 14.3. The van der Waals surface area contributed by atoms with Crippen LogP contribution in [0.3, 0.4) is 0 Å². The molecule has 27 heavy (non-hydrogen) atoms. The van der Waals surface area contributed by atoms with Gasteiger partial charge >= 0.3 is 0 Å². The number of halogens is 2. The molecule has 3 aromatic rings. The van der Waals surface area contributed by atoms with Gasteiger partial charge in [0.05, 0.1) is 32.2 Å². The van der Waals surface area contributed by atoms with E-state index in [0.717, 1.165) is 6.07 Å². The van der Waals surface area contributed by atoms with Gasteiger partial charge in [0.2, 0.25) is 5.95 Å². The number of hydrogen-bond donors (Lipinski definition) is 1. The number of aromatic nitrogens is 4. The standard InChI is InChI=1S/C17H17F2N5O3/c1-24-5-4-14(23-24)22-17-20-7-10(8-21-17)27-9-11-15(18)12(25-2)6-13(26-3)16(11)19/h4-8H,9H2,1-3H3,(H,20,21,22,23). The minimum Gasteiger partial charge on any atom is -0.494 e. The summed E-state index contributed by atoms with van der Waals surface area (Å²) in [5.74, 6) is -0.867. The molecule has 0 saturated heterocycles. The second-order valence-corrected chi connectivity index (χ2v) is 5.42. The summed E-state index contributed by atoms with van der Waals surface area (Å²) in [5, 5.41) is 7.06. The first-order chi connectivity index (χ1) is 13.0. The molecule has 3 rings (SSSR count). The smallest absolute Gasteiger partial charge is 0.228 e. The van der Waals surface area contributed by atoms with Crippen molar-refractivity contribution in [3.05, 3.63) is 47.9 Å². The molecule has 0 aliphatic heterocycles. The van der Waals surface area contributed by atoms with E-state index in [4.69, 9.17) is 14.2 Å². The fraction of sp³-hybridized carbons (Fsp3) is 0.235.